The van der Waals surface area contributed by atoms with Crippen molar-refractivity contribution in [3.8, 4) is 11.5 Å². The molecule has 1 amide bonds. The number of hydrogen-bond acceptors (Lipinski definition) is 4. The fourth-order valence-electron chi connectivity index (χ4n) is 3.97. The molecule has 5 nitrogen and oxygen atoms in total. The van der Waals surface area contributed by atoms with Gasteiger partial charge in [0.25, 0.3) is 5.91 Å². The summed E-state index contributed by atoms with van der Waals surface area (Å²) in [5.74, 6) is 2.12. The van der Waals surface area contributed by atoms with Crippen molar-refractivity contribution < 1.29 is 18.7 Å². The van der Waals surface area contributed by atoms with E-state index in [1.807, 2.05) is 24.3 Å². The van der Waals surface area contributed by atoms with Crippen molar-refractivity contribution in [1.29, 1.82) is 0 Å². The quantitative estimate of drug-likeness (QED) is 0.558. The normalized spacial score (nSPS) is 10.8. The molecule has 2 aromatic carbocycles. The van der Waals surface area contributed by atoms with E-state index in [0.717, 1.165) is 11.3 Å². The fourth-order valence-corrected chi connectivity index (χ4v) is 3.97. The van der Waals surface area contributed by atoms with Gasteiger partial charge in [-0.25, -0.2) is 0 Å². The number of carbonyl (C=O) groups excluding carboxylic acids is 1. The van der Waals surface area contributed by atoms with Crippen molar-refractivity contribution >= 4 is 5.91 Å². The van der Waals surface area contributed by atoms with Crippen LogP contribution in [0.3, 0.4) is 0 Å². The molecule has 0 atom stereocenters. The molecule has 1 N–H and O–H groups in total. The highest BCUT2D eigenvalue weighted by Gasteiger charge is 2.17. The number of methoxy groups -OCH3 is 2. The smallest absolute Gasteiger partial charge is 0.287 e. The molecule has 0 unspecified atom stereocenters. The van der Waals surface area contributed by atoms with Crippen LogP contribution in [0.1, 0.15) is 55.3 Å². The molecule has 0 saturated carbocycles. The number of nitrogens with one attached hydrogen (secondary N) is 1. The minimum atomic E-state index is -0.274. The molecule has 0 fully saturated rings. The number of furan rings is 1. The van der Waals surface area contributed by atoms with Crippen LogP contribution in [-0.4, -0.2) is 20.1 Å². The van der Waals surface area contributed by atoms with Crippen molar-refractivity contribution in [2.75, 3.05) is 14.2 Å². The number of benzene rings is 2. The molecule has 0 radical (unpaired) electrons. The van der Waals surface area contributed by atoms with Crippen LogP contribution >= 0.6 is 0 Å². The predicted molar refractivity (Wildman–Crippen MR) is 122 cm³/mol. The van der Waals surface area contributed by atoms with Gasteiger partial charge in [-0.2, -0.15) is 0 Å². The van der Waals surface area contributed by atoms with Crippen molar-refractivity contribution in [3.05, 3.63) is 80.8 Å². The molecule has 0 aliphatic carbocycles. The lowest BCUT2D eigenvalue weighted by Crippen LogP contribution is -2.23. The number of carbonyl (C=O) groups is 1. The third-order valence-electron chi connectivity index (χ3n) is 6.35. The zero-order valence-electron chi connectivity index (χ0n) is 19.4. The van der Waals surface area contributed by atoms with E-state index in [4.69, 9.17) is 13.9 Å². The summed E-state index contributed by atoms with van der Waals surface area (Å²) in [6.45, 7) is 11.1. The summed E-state index contributed by atoms with van der Waals surface area (Å²) < 4.78 is 16.7. The summed E-state index contributed by atoms with van der Waals surface area (Å²) >= 11 is 0. The number of amides is 1. The highest BCUT2D eigenvalue weighted by Crippen LogP contribution is 2.29. The van der Waals surface area contributed by atoms with Crippen LogP contribution in [0, 0.1) is 34.6 Å². The van der Waals surface area contributed by atoms with Crippen LogP contribution in [-0.2, 0) is 13.0 Å². The van der Waals surface area contributed by atoms with Gasteiger partial charge in [0.2, 0.25) is 0 Å². The molecular weight excluding hydrogens is 390 g/mol. The molecule has 1 aromatic heterocycles. The van der Waals surface area contributed by atoms with Crippen molar-refractivity contribution in [3.63, 3.8) is 0 Å². The van der Waals surface area contributed by atoms with Crippen molar-refractivity contribution in [2.45, 2.75) is 47.6 Å². The Hall–Kier alpha value is -3.21. The van der Waals surface area contributed by atoms with Crippen molar-refractivity contribution in [2.24, 2.45) is 0 Å². The predicted octanol–water partition coefficient (Wildman–Crippen LogP) is 5.36. The topological polar surface area (TPSA) is 60.7 Å². The Morgan fingerprint density at radius 3 is 1.90 bits per heavy atom. The van der Waals surface area contributed by atoms with E-state index in [0.29, 0.717) is 23.7 Å². The van der Waals surface area contributed by atoms with E-state index >= 15 is 0 Å². The van der Waals surface area contributed by atoms with Gasteiger partial charge in [-0.3, -0.25) is 4.79 Å². The average molecular weight is 422 g/mol. The first-order chi connectivity index (χ1) is 14.8. The molecule has 0 aliphatic rings. The van der Waals surface area contributed by atoms with Gasteiger partial charge in [-0.15, -0.1) is 0 Å². The zero-order chi connectivity index (χ0) is 22.7. The molecule has 0 aliphatic heterocycles. The Balaban J connectivity index is 1.76. The van der Waals surface area contributed by atoms with E-state index in [-0.39, 0.29) is 12.5 Å². The van der Waals surface area contributed by atoms with Gasteiger partial charge in [0.15, 0.2) is 5.76 Å². The van der Waals surface area contributed by atoms with Gasteiger partial charge in [-0.1, -0.05) is 6.07 Å². The Morgan fingerprint density at radius 1 is 0.806 bits per heavy atom. The second-order valence-electron chi connectivity index (χ2n) is 7.87. The van der Waals surface area contributed by atoms with E-state index in [9.17, 15) is 4.79 Å². The van der Waals surface area contributed by atoms with Crippen LogP contribution < -0.4 is 14.8 Å². The lowest BCUT2D eigenvalue weighted by Gasteiger charge is -2.18. The zero-order valence-corrected chi connectivity index (χ0v) is 19.4. The minimum Gasteiger partial charge on any atom is -0.496 e. The molecule has 5 heteroatoms. The first kappa shape index (κ1) is 22.5. The first-order valence-corrected chi connectivity index (χ1v) is 10.4. The third-order valence-corrected chi connectivity index (χ3v) is 6.35. The Bertz CT molecular complexity index is 1060. The Kier molecular flexibility index (Phi) is 6.74. The van der Waals surface area contributed by atoms with Gasteiger partial charge in [0, 0.05) is 6.42 Å². The Morgan fingerprint density at radius 2 is 1.35 bits per heavy atom. The van der Waals surface area contributed by atoms with E-state index in [1.54, 1.807) is 20.3 Å². The summed E-state index contributed by atoms with van der Waals surface area (Å²) in [5.41, 5.74) is 8.58. The monoisotopic (exact) mass is 421 g/mol. The minimum absolute atomic E-state index is 0.274. The molecule has 0 saturated heterocycles. The van der Waals surface area contributed by atoms with Crippen LogP contribution in [0.25, 0.3) is 0 Å². The van der Waals surface area contributed by atoms with E-state index in [2.05, 4.69) is 39.9 Å². The lowest BCUT2D eigenvalue weighted by atomic mass is 9.88. The second kappa shape index (κ2) is 9.29. The average Bonchev–Trinajstić information content (AvgIpc) is 3.26. The third kappa shape index (κ3) is 4.46. The summed E-state index contributed by atoms with van der Waals surface area (Å²) in [4.78, 5) is 12.7. The van der Waals surface area contributed by atoms with Crippen LogP contribution in [0.5, 0.6) is 11.5 Å². The van der Waals surface area contributed by atoms with Gasteiger partial charge in [0.1, 0.15) is 17.3 Å². The summed E-state index contributed by atoms with van der Waals surface area (Å²) in [6, 6.07) is 9.13. The van der Waals surface area contributed by atoms with Gasteiger partial charge >= 0.3 is 0 Å². The SMILES string of the molecule is COc1cccc(OC)c1CNC(=O)c1ccc(Cc2c(C)c(C)c(C)c(C)c2C)o1. The molecule has 0 spiro atoms. The first-order valence-electron chi connectivity index (χ1n) is 10.4. The number of rotatable bonds is 7. The molecule has 0 bridgehead atoms. The molecule has 164 valence electrons. The van der Waals surface area contributed by atoms with Crippen LogP contribution in [0.4, 0.5) is 0 Å². The largest absolute Gasteiger partial charge is 0.496 e. The summed E-state index contributed by atoms with van der Waals surface area (Å²) in [7, 11) is 3.19. The molecule has 1 heterocycles. The lowest BCUT2D eigenvalue weighted by molar-refractivity contribution is 0.0921. The van der Waals surface area contributed by atoms with Crippen LogP contribution in [0.2, 0.25) is 0 Å². The second-order valence-corrected chi connectivity index (χ2v) is 7.87. The standard InChI is InChI=1S/C26H31NO4/c1-15-16(2)18(4)21(19(5)17(15)3)13-20-11-12-25(31-20)26(28)27-14-22-23(29-6)9-8-10-24(22)30-7/h8-12H,13-14H2,1-7H3,(H,27,28). The van der Waals surface area contributed by atoms with Gasteiger partial charge in [-0.05, 0) is 92.3 Å². The molecule has 3 aromatic rings. The Labute approximate surface area is 184 Å². The number of ether oxygens (including phenoxy) is 2. The van der Waals surface area contributed by atoms with Crippen LogP contribution in [0.15, 0.2) is 34.7 Å². The van der Waals surface area contributed by atoms with Gasteiger partial charge in [0.05, 0.1) is 26.3 Å². The fraction of sp³-hybridized carbons (Fsp3) is 0.346. The van der Waals surface area contributed by atoms with Gasteiger partial charge < -0.3 is 19.2 Å². The summed E-state index contributed by atoms with van der Waals surface area (Å²) in [5, 5.41) is 2.90. The van der Waals surface area contributed by atoms with Crippen molar-refractivity contribution in [1.82, 2.24) is 5.32 Å². The summed E-state index contributed by atoms with van der Waals surface area (Å²) in [6.07, 6.45) is 0.660. The maximum Gasteiger partial charge on any atom is 0.287 e. The highest BCUT2D eigenvalue weighted by atomic mass is 16.5. The van der Waals surface area contributed by atoms with E-state index < -0.39 is 0 Å². The van der Waals surface area contributed by atoms with E-state index in [1.165, 1.54) is 33.4 Å². The maximum absolute atomic E-state index is 12.7. The molecule has 31 heavy (non-hydrogen) atoms. The highest BCUT2D eigenvalue weighted by molar-refractivity contribution is 5.91. The molecular formula is C26H31NO4. The number of hydrogen-bond donors (Lipinski definition) is 1. The molecule has 3 rings (SSSR count). The maximum atomic E-state index is 12.7.